The Morgan fingerprint density at radius 1 is 1.00 bits per heavy atom. The van der Waals surface area contributed by atoms with Crippen molar-refractivity contribution in [3.05, 3.63) is 0 Å². The highest BCUT2D eigenvalue weighted by Crippen LogP contribution is 2.33. The number of nitrogens with one attached hydrogen (secondary N) is 2. The molecule has 13 heavy (non-hydrogen) atoms. The predicted octanol–water partition coefficient (Wildman–Crippen LogP) is -0.153. The van der Waals surface area contributed by atoms with E-state index in [9.17, 15) is 0 Å². The maximum absolute atomic E-state index is 3.57. The first kappa shape index (κ1) is 8.21. The van der Waals surface area contributed by atoms with Gasteiger partial charge in [0.1, 0.15) is 0 Å². The summed E-state index contributed by atoms with van der Waals surface area (Å²) in [5.74, 6) is 1.87. The van der Waals surface area contributed by atoms with E-state index < -0.39 is 0 Å². The minimum absolute atomic E-state index is 0.619. The summed E-state index contributed by atoms with van der Waals surface area (Å²) in [6.07, 6.45) is 3.49. The van der Waals surface area contributed by atoms with Crippen LogP contribution in [0.1, 0.15) is 12.8 Å². The first-order valence-electron chi connectivity index (χ1n) is 5.62. The maximum Gasteiger partial charge on any atom is 0.0616 e. The Morgan fingerprint density at radius 2 is 1.69 bits per heavy atom. The third-order valence-corrected chi connectivity index (χ3v) is 3.99. The molecule has 0 radical (unpaired) electrons. The van der Waals surface area contributed by atoms with E-state index in [1.54, 1.807) is 0 Å². The minimum atomic E-state index is 0.619. The summed E-state index contributed by atoms with van der Waals surface area (Å²) < 4.78 is 0. The molecule has 0 aromatic carbocycles. The van der Waals surface area contributed by atoms with Gasteiger partial charge in [-0.1, -0.05) is 0 Å². The van der Waals surface area contributed by atoms with Gasteiger partial charge in [-0.15, -0.1) is 0 Å². The van der Waals surface area contributed by atoms with Crippen LogP contribution in [0.15, 0.2) is 0 Å². The summed E-state index contributed by atoms with van der Waals surface area (Å²) in [5.41, 5.74) is 0. The minimum Gasteiger partial charge on any atom is -0.303 e. The smallest absolute Gasteiger partial charge is 0.0616 e. The Kier molecular flexibility index (Phi) is 2.04. The molecule has 1 atom stereocenters. The summed E-state index contributed by atoms with van der Waals surface area (Å²) >= 11 is 0. The Bertz CT molecular complexity index is 179. The molecule has 4 heterocycles. The monoisotopic (exact) mass is 181 g/mol. The molecule has 0 aromatic rings. The molecule has 2 bridgehead atoms. The second kappa shape index (κ2) is 3.23. The van der Waals surface area contributed by atoms with Crippen molar-refractivity contribution >= 4 is 0 Å². The van der Waals surface area contributed by atoms with E-state index in [4.69, 9.17) is 0 Å². The molecule has 0 amide bonds. The van der Waals surface area contributed by atoms with Crippen LogP contribution >= 0.6 is 0 Å². The van der Waals surface area contributed by atoms with Crippen LogP contribution in [0.4, 0.5) is 0 Å². The fraction of sp³-hybridized carbons (Fsp3) is 1.00. The standard InChI is InChI=1S/C10H19N3/c1-5-13-6-2-8(1)9(7-13)10-11-3-4-12-10/h8-12H,1-7H2. The highest BCUT2D eigenvalue weighted by molar-refractivity contribution is 4.93. The van der Waals surface area contributed by atoms with Crippen molar-refractivity contribution in [2.24, 2.45) is 11.8 Å². The van der Waals surface area contributed by atoms with Gasteiger partial charge in [-0.25, -0.2) is 0 Å². The zero-order valence-corrected chi connectivity index (χ0v) is 8.13. The van der Waals surface area contributed by atoms with Crippen LogP contribution in [0, 0.1) is 11.8 Å². The Labute approximate surface area is 79.9 Å². The maximum atomic E-state index is 3.57. The number of rotatable bonds is 1. The average molecular weight is 181 g/mol. The van der Waals surface area contributed by atoms with Crippen molar-refractivity contribution in [1.29, 1.82) is 0 Å². The SMILES string of the molecule is C1CNC(C2CN3CCC2CC3)N1. The molecule has 0 spiro atoms. The lowest BCUT2D eigenvalue weighted by Gasteiger charge is -2.47. The number of fused-ring (bicyclic) bond motifs is 3. The largest absolute Gasteiger partial charge is 0.303 e. The van der Waals surface area contributed by atoms with Crippen LogP contribution < -0.4 is 10.6 Å². The van der Waals surface area contributed by atoms with Crippen molar-refractivity contribution in [1.82, 2.24) is 15.5 Å². The van der Waals surface area contributed by atoms with Crippen LogP contribution in [-0.4, -0.2) is 43.8 Å². The first-order valence-corrected chi connectivity index (χ1v) is 5.62. The fourth-order valence-electron chi connectivity index (χ4n) is 3.22. The highest BCUT2D eigenvalue weighted by Gasteiger charge is 2.39. The molecular weight excluding hydrogens is 162 g/mol. The van der Waals surface area contributed by atoms with Gasteiger partial charge in [0.25, 0.3) is 0 Å². The lowest BCUT2D eigenvalue weighted by molar-refractivity contribution is 0.0301. The van der Waals surface area contributed by atoms with Crippen molar-refractivity contribution in [2.75, 3.05) is 32.7 Å². The van der Waals surface area contributed by atoms with E-state index in [1.807, 2.05) is 0 Å². The molecule has 4 aliphatic rings. The van der Waals surface area contributed by atoms with Crippen molar-refractivity contribution < 1.29 is 0 Å². The van der Waals surface area contributed by atoms with E-state index in [2.05, 4.69) is 15.5 Å². The van der Waals surface area contributed by atoms with E-state index in [1.165, 1.54) is 32.5 Å². The molecule has 3 nitrogen and oxygen atoms in total. The third kappa shape index (κ3) is 1.39. The first-order chi connectivity index (χ1) is 6.43. The zero-order valence-electron chi connectivity index (χ0n) is 8.13. The topological polar surface area (TPSA) is 27.3 Å². The lowest BCUT2D eigenvalue weighted by atomic mass is 9.77. The summed E-state index contributed by atoms with van der Waals surface area (Å²) in [7, 11) is 0. The molecule has 0 aliphatic carbocycles. The van der Waals surface area contributed by atoms with E-state index in [-0.39, 0.29) is 0 Å². The molecule has 0 saturated carbocycles. The van der Waals surface area contributed by atoms with Gasteiger partial charge < -0.3 is 15.5 Å². The van der Waals surface area contributed by atoms with E-state index in [0.29, 0.717) is 6.17 Å². The van der Waals surface area contributed by atoms with Crippen molar-refractivity contribution in [2.45, 2.75) is 19.0 Å². The lowest BCUT2D eigenvalue weighted by Crippen LogP contribution is -2.55. The number of hydrogen-bond acceptors (Lipinski definition) is 3. The summed E-state index contributed by atoms with van der Waals surface area (Å²) in [6, 6.07) is 0. The van der Waals surface area contributed by atoms with Crippen molar-refractivity contribution in [3.63, 3.8) is 0 Å². The Balaban J connectivity index is 1.70. The van der Waals surface area contributed by atoms with Gasteiger partial charge in [-0.05, 0) is 31.8 Å². The fourth-order valence-corrected chi connectivity index (χ4v) is 3.22. The number of hydrogen-bond donors (Lipinski definition) is 2. The zero-order chi connectivity index (χ0) is 8.67. The number of piperidine rings is 3. The van der Waals surface area contributed by atoms with Crippen LogP contribution in [0.2, 0.25) is 0 Å². The molecule has 74 valence electrons. The molecule has 2 N–H and O–H groups in total. The molecule has 4 saturated heterocycles. The molecule has 4 rings (SSSR count). The van der Waals surface area contributed by atoms with E-state index in [0.717, 1.165) is 24.9 Å². The van der Waals surface area contributed by atoms with Gasteiger partial charge in [0.2, 0.25) is 0 Å². The molecular formula is C10H19N3. The van der Waals surface area contributed by atoms with Crippen LogP contribution in [0.3, 0.4) is 0 Å². The van der Waals surface area contributed by atoms with Gasteiger partial charge in [-0.3, -0.25) is 0 Å². The third-order valence-electron chi connectivity index (χ3n) is 3.99. The average Bonchev–Trinajstić information content (AvgIpc) is 2.72. The van der Waals surface area contributed by atoms with E-state index >= 15 is 0 Å². The van der Waals surface area contributed by atoms with Gasteiger partial charge in [0.05, 0.1) is 6.17 Å². The second-order valence-corrected chi connectivity index (χ2v) is 4.69. The van der Waals surface area contributed by atoms with Gasteiger partial charge >= 0.3 is 0 Å². The molecule has 3 heteroatoms. The van der Waals surface area contributed by atoms with Crippen LogP contribution in [-0.2, 0) is 0 Å². The second-order valence-electron chi connectivity index (χ2n) is 4.69. The number of nitrogens with zero attached hydrogens (tertiary/aromatic N) is 1. The summed E-state index contributed by atoms with van der Waals surface area (Å²) in [6.45, 7) is 6.36. The summed E-state index contributed by atoms with van der Waals surface area (Å²) in [4.78, 5) is 2.63. The van der Waals surface area contributed by atoms with Crippen molar-refractivity contribution in [3.8, 4) is 0 Å². The van der Waals surface area contributed by atoms with Gasteiger partial charge in [-0.2, -0.15) is 0 Å². The molecule has 1 unspecified atom stereocenters. The van der Waals surface area contributed by atoms with Gasteiger partial charge in [0.15, 0.2) is 0 Å². The quantitative estimate of drug-likeness (QED) is 0.589. The van der Waals surface area contributed by atoms with Crippen LogP contribution in [0.25, 0.3) is 0 Å². The van der Waals surface area contributed by atoms with Crippen LogP contribution in [0.5, 0.6) is 0 Å². The summed E-state index contributed by atoms with van der Waals surface area (Å²) in [5, 5.41) is 7.15. The van der Waals surface area contributed by atoms with Gasteiger partial charge in [0, 0.05) is 25.6 Å². The predicted molar refractivity (Wildman–Crippen MR) is 52.4 cm³/mol. The molecule has 0 aromatic heterocycles. The highest BCUT2D eigenvalue weighted by atomic mass is 15.2. The molecule has 4 aliphatic heterocycles. The Morgan fingerprint density at radius 3 is 2.23 bits per heavy atom. The Hall–Kier alpha value is -0.120. The normalized spacial score (nSPS) is 45.7. The molecule has 4 fully saturated rings.